The molecular formula is C26H27NO. The van der Waals surface area contributed by atoms with E-state index < -0.39 is 0 Å². The molecule has 1 aromatic heterocycles. The molecular weight excluding hydrogens is 342 g/mol. The number of rotatable bonds is 4. The van der Waals surface area contributed by atoms with Crippen LogP contribution in [0.4, 0.5) is 0 Å². The molecule has 142 valence electrons. The fraction of sp³-hybridized carbons (Fsp3) is 0.231. The van der Waals surface area contributed by atoms with E-state index in [0.717, 1.165) is 5.75 Å². The molecule has 0 aliphatic rings. The zero-order chi connectivity index (χ0) is 19.8. The van der Waals surface area contributed by atoms with Crippen molar-refractivity contribution in [2.45, 2.75) is 26.7 Å². The van der Waals surface area contributed by atoms with Crippen molar-refractivity contribution in [3.05, 3.63) is 100 Å². The van der Waals surface area contributed by atoms with Crippen molar-refractivity contribution in [2.75, 3.05) is 7.11 Å². The standard InChI is InChI=1S/C26H27NO/c1-17-14-18(2)25(19(3)15-17)26(20-10-12-21(28-5)13-11-20)23-16-27(4)24-9-7-6-8-22(23)24/h6-16,26H,1-5H3. The van der Waals surface area contributed by atoms with Crippen molar-refractivity contribution >= 4 is 10.9 Å². The van der Waals surface area contributed by atoms with Gasteiger partial charge in [-0.3, -0.25) is 0 Å². The second kappa shape index (κ2) is 7.20. The van der Waals surface area contributed by atoms with Crippen LogP contribution in [0.3, 0.4) is 0 Å². The van der Waals surface area contributed by atoms with E-state index >= 15 is 0 Å². The predicted octanol–water partition coefficient (Wildman–Crippen LogP) is 6.29. The number of hydrogen-bond acceptors (Lipinski definition) is 1. The molecule has 1 heterocycles. The molecule has 0 fully saturated rings. The first kappa shape index (κ1) is 18.4. The maximum atomic E-state index is 5.39. The zero-order valence-electron chi connectivity index (χ0n) is 17.3. The summed E-state index contributed by atoms with van der Waals surface area (Å²) in [5, 5.41) is 1.31. The minimum atomic E-state index is 0.178. The van der Waals surface area contributed by atoms with Gasteiger partial charge in [-0.2, -0.15) is 0 Å². The van der Waals surface area contributed by atoms with E-state index in [1.807, 2.05) is 0 Å². The zero-order valence-corrected chi connectivity index (χ0v) is 17.3. The van der Waals surface area contributed by atoms with Gasteiger partial charge in [0.2, 0.25) is 0 Å². The summed E-state index contributed by atoms with van der Waals surface area (Å²) < 4.78 is 7.63. The molecule has 0 amide bonds. The number of para-hydroxylation sites is 1. The Morgan fingerprint density at radius 1 is 0.857 bits per heavy atom. The Hall–Kier alpha value is -3.00. The van der Waals surface area contributed by atoms with Crippen LogP contribution in [0.5, 0.6) is 5.75 Å². The molecule has 0 bridgehead atoms. The molecule has 28 heavy (non-hydrogen) atoms. The molecule has 0 saturated heterocycles. The Morgan fingerprint density at radius 3 is 2.14 bits per heavy atom. The van der Waals surface area contributed by atoms with E-state index in [1.54, 1.807) is 7.11 Å². The molecule has 0 aliphatic heterocycles. The molecule has 0 spiro atoms. The van der Waals surface area contributed by atoms with E-state index in [-0.39, 0.29) is 5.92 Å². The molecule has 1 unspecified atom stereocenters. The number of benzene rings is 3. The average Bonchev–Trinajstić information content (AvgIpc) is 3.01. The third kappa shape index (κ3) is 3.09. The number of aryl methyl sites for hydroxylation is 4. The van der Waals surface area contributed by atoms with Crippen molar-refractivity contribution in [1.29, 1.82) is 0 Å². The quantitative estimate of drug-likeness (QED) is 0.412. The number of fused-ring (bicyclic) bond motifs is 1. The number of ether oxygens (including phenoxy) is 1. The lowest BCUT2D eigenvalue weighted by atomic mass is 9.80. The summed E-state index contributed by atoms with van der Waals surface area (Å²) in [4.78, 5) is 0. The minimum Gasteiger partial charge on any atom is -0.497 e. The SMILES string of the molecule is COc1ccc(C(c2c(C)cc(C)cc2C)c2cn(C)c3ccccc23)cc1. The second-order valence-corrected chi connectivity index (χ2v) is 7.73. The topological polar surface area (TPSA) is 14.2 Å². The van der Waals surface area contributed by atoms with Gasteiger partial charge in [-0.15, -0.1) is 0 Å². The van der Waals surface area contributed by atoms with Gasteiger partial charge in [0.15, 0.2) is 0 Å². The highest BCUT2D eigenvalue weighted by atomic mass is 16.5. The minimum absolute atomic E-state index is 0.178. The van der Waals surface area contributed by atoms with Crippen molar-refractivity contribution in [1.82, 2.24) is 4.57 Å². The van der Waals surface area contributed by atoms with Crippen LogP contribution in [0.25, 0.3) is 10.9 Å². The maximum Gasteiger partial charge on any atom is 0.118 e. The summed E-state index contributed by atoms with van der Waals surface area (Å²) in [6.45, 7) is 6.64. The summed E-state index contributed by atoms with van der Waals surface area (Å²) in [6.07, 6.45) is 2.29. The fourth-order valence-electron chi connectivity index (χ4n) is 4.55. The lowest BCUT2D eigenvalue weighted by molar-refractivity contribution is 0.414. The second-order valence-electron chi connectivity index (χ2n) is 7.73. The van der Waals surface area contributed by atoms with Crippen molar-refractivity contribution < 1.29 is 4.74 Å². The van der Waals surface area contributed by atoms with Crippen molar-refractivity contribution in [3.63, 3.8) is 0 Å². The summed E-state index contributed by atoms with van der Waals surface area (Å²) >= 11 is 0. The summed E-state index contributed by atoms with van der Waals surface area (Å²) in [5.41, 5.74) is 9.28. The van der Waals surface area contributed by atoms with Gasteiger partial charge in [-0.1, -0.05) is 48.0 Å². The Kier molecular flexibility index (Phi) is 4.72. The maximum absolute atomic E-state index is 5.39. The van der Waals surface area contributed by atoms with Crippen LogP contribution in [0, 0.1) is 20.8 Å². The van der Waals surface area contributed by atoms with Gasteiger partial charge in [0.1, 0.15) is 5.75 Å². The van der Waals surface area contributed by atoms with Gasteiger partial charge in [-0.25, -0.2) is 0 Å². The lowest BCUT2D eigenvalue weighted by Crippen LogP contribution is -2.08. The molecule has 0 saturated carbocycles. The van der Waals surface area contributed by atoms with E-state index in [9.17, 15) is 0 Å². The third-order valence-electron chi connectivity index (χ3n) is 5.71. The van der Waals surface area contributed by atoms with E-state index in [1.165, 1.54) is 44.3 Å². The predicted molar refractivity (Wildman–Crippen MR) is 118 cm³/mol. The van der Waals surface area contributed by atoms with Crippen molar-refractivity contribution in [2.24, 2.45) is 7.05 Å². The first-order valence-corrected chi connectivity index (χ1v) is 9.75. The summed E-state index contributed by atoms with van der Waals surface area (Å²) in [7, 11) is 3.84. The Balaban J connectivity index is 2.01. The molecule has 1 atom stereocenters. The molecule has 4 aromatic rings. The highest BCUT2D eigenvalue weighted by Crippen LogP contribution is 2.40. The fourth-order valence-corrected chi connectivity index (χ4v) is 4.55. The Morgan fingerprint density at radius 2 is 1.50 bits per heavy atom. The van der Waals surface area contributed by atoms with Crippen LogP contribution in [0.1, 0.15) is 39.3 Å². The normalized spacial score (nSPS) is 12.3. The van der Waals surface area contributed by atoms with Gasteiger partial charge in [0.25, 0.3) is 0 Å². The van der Waals surface area contributed by atoms with E-state index in [4.69, 9.17) is 4.74 Å². The number of nitrogens with zero attached hydrogens (tertiary/aromatic N) is 1. The smallest absolute Gasteiger partial charge is 0.118 e. The number of methoxy groups -OCH3 is 1. The van der Waals surface area contributed by atoms with Crippen LogP contribution < -0.4 is 4.74 Å². The van der Waals surface area contributed by atoms with Crippen LogP contribution in [0.2, 0.25) is 0 Å². The molecule has 0 radical (unpaired) electrons. The van der Waals surface area contributed by atoms with Gasteiger partial charge in [0.05, 0.1) is 7.11 Å². The van der Waals surface area contributed by atoms with E-state index in [2.05, 4.69) is 99.2 Å². The molecule has 2 nitrogen and oxygen atoms in total. The van der Waals surface area contributed by atoms with Crippen LogP contribution >= 0.6 is 0 Å². The first-order chi connectivity index (χ1) is 13.5. The summed E-state index contributed by atoms with van der Waals surface area (Å²) in [6, 6.07) is 21.8. The molecule has 4 rings (SSSR count). The van der Waals surface area contributed by atoms with Gasteiger partial charge < -0.3 is 9.30 Å². The highest BCUT2D eigenvalue weighted by Gasteiger charge is 2.24. The van der Waals surface area contributed by atoms with E-state index in [0.29, 0.717) is 0 Å². The lowest BCUT2D eigenvalue weighted by Gasteiger charge is -2.23. The Bertz CT molecular complexity index is 1110. The number of aromatic nitrogens is 1. The number of hydrogen-bond donors (Lipinski definition) is 0. The molecule has 0 aliphatic carbocycles. The van der Waals surface area contributed by atoms with Crippen LogP contribution in [0.15, 0.2) is 66.9 Å². The molecule has 3 aromatic carbocycles. The van der Waals surface area contributed by atoms with Crippen LogP contribution in [-0.2, 0) is 7.05 Å². The summed E-state index contributed by atoms with van der Waals surface area (Å²) in [5.74, 6) is 1.07. The average molecular weight is 370 g/mol. The Labute approximate surface area is 167 Å². The first-order valence-electron chi connectivity index (χ1n) is 9.75. The monoisotopic (exact) mass is 369 g/mol. The highest BCUT2D eigenvalue weighted by molar-refractivity contribution is 5.85. The van der Waals surface area contributed by atoms with Crippen LogP contribution in [-0.4, -0.2) is 11.7 Å². The largest absolute Gasteiger partial charge is 0.497 e. The third-order valence-corrected chi connectivity index (χ3v) is 5.71. The van der Waals surface area contributed by atoms with Gasteiger partial charge in [-0.05, 0) is 66.8 Å². The van der Waals surface area contributed by atoms with Gasteiger partial charge in [0, 0.05) is 30.1 Å². The van der Waals surface area contributed by atoms with Gasteiger partial charge >= 0.3 is 0 Å². The molecule has 0 N–H and O–H groups in total. The van der Waals surface area contributed by atoms with Crippen molar-refractivity contribution in [3.8, 4) is 5.75 Å². The molecule has 2 heteroatoms.